The van der Waals surface area contributed by atoms with Crippen LogP contribution in [0, 0.1) is 5.92 Å². The Balaban J connectivity index is 1.70. The molecule has 0 aliphatic carbocycles. The van der Waals surface area contributed by atoms with Crippen LogP contribution in [0.4, 0.5) is 0 Å². The van der Waals surface area contributed by atoms with Gasteiger partial charge in [-0.15, -0.1) is 0 Å². The molecule has 0 bridgehead atoms. The molecule has 0 spiro atoms. The van der Waals surface area contributed by atoms with E-state index in [1.165, 1.54) is 7.11 Å². The molecule has 0 fully saturated rings. The molecule has 0 heterocycles. The predicted molar refractivity (Wildman–Crippen MR) is 168 cm³/mol. The first-order valence-electron chi connectivity index (χ1n) is 14.9. The molecule has 0 radical (unpaired) electrons. The van der Waals surface area contributed by atoms with Crippen molar-refractivity contribution in [3.05, 3.63) is 108 Å². The van der Waals surface area contributed by atoms with E-state index < -0.39 is 41.8 Å². The Bertz CT molecular complexity index is 1320. The van der Waals surface area contributed by atoms with Crippen molar-refractivity contribution < 1.29 is 28.7 Å². The van der Waals surface area contributed by atoms with Crippen molar-refractivity contribution in [2.24, 2.45) is 5.92 Å². The second kappa shape index (κ2) is 18.2. The summed E-state index contributed by atoms with van der Waals surface area (Å²) in [6.07, 6.45) is 1.42. The number of esters is 1. The minimum atomic E-state index is -0.934. The van der Waals surface area contributed by atoms with E-state index in [1.54, 1.807) is 0 Å². The zero-order chi connectivity index (χ0) is 31.7. The summed E-state index contributed by atoms with van der Waals surface area (Å²) < 4.78 is 10.5. The number of methoxy groups -OCH3 is 1. The van der Waals surface area contributed by atoms with Gasteiger partial charge in [-0.3, -0.25) is 14.4 Å². The van der Waals surface area contributed by atoms with Crippen LogP contribution >= 0.6 is 0 Å². The van der Waals surface area contributed by atoms with Gasteiger partial charge >= 0.3 is 5.97 Å². The van der Waals surface area contributed by atoms with Crippen molar-refractivity contribution >= 4 is 23.7 Å². The Kier molecular flexibility index (Phi) is 14.1. The van der Waals surface area contributed by atoms with Crippen LogP contribution in [0.25, 0.3) is 0 Å². The van der Waals surface area contributed by atoms with E-state index in [0.29, 0.717) is 19.3 Å². The topological polar surface area (TPSA) is 123 Å². The van der Waals surface area contributed by atoms with Crippen LogP contribution in [-0.4, -0.2) is 55.5 Å². The summed E-state index contributed by atoms with van der Waals surface area (Å²) in [6, 6.07) is 25.6. The van der Waals surface area contributed by atoms with E-state index in [4.69, 9.17) is 9.47 Å². The highest BCUT2D eigenvalue weighted by molar-refractivity contribution is 5.93. The number of hydrogen-bond donors (Lipinski definition) is 3. The Morgan fingerprint density at radius 3 is 1.75 bits per heavy atom. The molecule has 3 aromatic rings. The zero-order valence-corrected chi connectivity index (χ0v) is 25.7. The first-order valence-corrected chi connectivity index (χ1v) is 14.9. The maximum Gasteiger partial charge on any atom is 0.328 e. The van der Waals surface area contributed by atoms with Crippen molar-refractivity contribution in [1.82, 2.24) is 16.0 Å². The summed E-state index contributed by atoms with van der Waals surface area (Å²) in [5.41, 5.74) is 2.79. The highest BCUT2D eigenvalue weighted by Gasteiger charge is 2.30. The third kappa shape index (κ3) is 12.0. The second-order valence-corrected chi connectivity index (χ2v) is 11.1. The number of carbonyl (C=O) groups is 4. The van der Waals surface area contributed by atoms with Crippen molar-refractivity contribution in [3.8, 4) is 0 Å². The van der Waals surface area contributed by atoms with Crippen LogP contribution < -0.4 is 16.0 Å². The molecule has 3 aromatic carbocycles. The lowest BCUT2D eigenvalue weighted by molar-refractivity contribution is -0.145. The van der Waals surface area contributed by atoms with E-state index in [9.17, 15) is 19.2 Å². The minimum absolute atomic E-state index is 0.0560. The molecule has 0 unspecified atom stereocenters. The largest absolute Gasteiger partial charge is 0.467 e. The van der Waals surface area contributed by atoms with Crippen molar-refractivity contribution in [1.29, 1.82) is 0 Å². The van der Waals surface area contributed by atoms with E-state index in [-0.39, 0.29) is 25.6 Å². The van der Waals surface area contributed by atoms with E-state index >= 15 is 0 Å². The molecule has 44 heavy (non-hydrogen) atoms. The molecule has 3 amide bonds. The Morgan fingerprint density at radius 2 is 1.18 bits per heavy atom. The third-order valence-electron chi connectivity index (χ3n) is 6.99. The van der Waals surface area contributed by atoms with Gasteiger partial charge in [0, 0.05) is 6.42 Å². The number of aryl methyl sites for hydroxylation is 1. The zero-order valence-electron chi connectivity index (χ0n) is 25.7. The van der Waals surface area contributed by atoms with Crippen molar-refractivity contribution in [3.63, 3.8) is 0 Å². The average Bonchev–Trinajstić information content (AvgIpc) is 3.03. The van der Waals surface area contributed by atoms with Gasteiger partial charge in [0.1, 0.15) is 24.7 Å². The van der Waals surface area contributed by atoms with Crippen LogP contribution in [0.5, 0.6) is 0 Å². The van der Waals surface area contributed by atoms with Gasteiger partial charge in [0.05, 0.1) is 13.7 Å². The molecular weight excluding hydrogens is 558 g/mol. The number of benzene rings is 3. The van der Waals surface area contributed by atoms with Gasteiger partial charge in [-0.2, -0.15) is 0 Å². The molecule has 9 heteroatoms. The Hall–Kier alpha value is -4.50. The summed E-state index contributed by atoms with van der Waals surface area (Å²) in [6.45, 7) is 3.91. The SMILES string of the molecule is COC(=O)[C@H](Cc1ccccc1)NC(=O)[C@H](CC(C)C)NC(=O)[C@H](CCc1ccccc1)NC(=O)COCc1ccccc1. The minimum Gasteiger partial charge on any atom is -0.467 e. The fourth-order valence-electron chi connectivity index (χ4n) is 4.73. The third-order valence-corrected chi connectivity index (χ3v) is 6.99. The number of carbonyl (C=O) groups excluding carboxylic acids is 4. The Morgan fingerprint density at radius 1 is 0.659 bits per heavy atom. The number of nitrogens with one attached hydrogen (secondary N) is 3. The first-order chi connectivity index (χ1) is 21.2. The molecule has 0 aliphatic rings. The summed E-state index contributed by atoms with van der Waals surface area (Å²) in [5, 5.41) is 8.40. The van der Waals surface area contributed by atoms with Gasteiger partial charge in [-0.05, 0) is 41.9 Å². The van der Waals surface area contributed by atoms with Gasteiger partial charge in [0.15, 0.2) is 0 Å². The lowest BCUT2D eigenvalue weighted by Gasteiger charge is -2.26. The van der Waals surface area contributed by atoms with Crippen molar-refractivity contribution in [2.75, 3.05) is 13.7 Å². The fraction of sp³-hybridized carbons (Fsp3) is 0.371. The molecule has 9 nitrogen and oxygen atoms in total. The van der Waals surface area contributed by atoms with Crippen LogP contribution in [-0.2, 0) is 48.1 Å². The van der Waals surface area contributed by atoms with Gasteiger partial charge in [-0.25, -0.2) is 4.79 Å². The monoisotopic (exact) mass is 601 g/mol. The van der Waals surface area contributed by atoms with Gasteiger partial charge < -0.3 is 25.4 Å². The van der Waals surface area contributed by atoms with Crippen LogP contribution in [0.3, 0.4) is 0 Å². The number of hydrogen-bond acceptors (Lipinski definition) is 6. The summed E-state index contributed by atoms with van der Waals surface area (Å²) in [7, 11) is 1.27. The fourth-order valence-corrected chi connectivity index (χ4v) is 4.73. The predicted octanol–water partition coefficient (Wildman–Crippen LogP) is 3.75. The van der Waals surface area contributed by atoms with E-state index in [1.807, 2.05) is 105 Å². The maximum atomic E-state index is 13.6. The Labute approximate surface area is 259 Å². The second-order valence-electron chi connectivity index (χ2n) is 11.1. The number of amides is 3. The standard InChI is InChI=1S/C35H43N3O6/c1-25(2)21-30(34(41)38-31(35(42)43-3)22-27-15-9-5-10-16-27)37-33(40)29(20-19-26-13-7-4-8-14-26)36-32(39)24-44-23-28-17-11-6-12-18-28/h4-18,25,29-31H,19-24H2,1-3H3,(H,36,39)(H,37,40)(H,38,41)/t29-,30-,31-/m0/s1. The molecule has 234 valence electrons. The van der Waals surface area contributed by atoms with Crippen molar-refractivity contribution in [2.45, 2.75) is 64.3 Å². The van der Waals surface area contributed by atoms with E-state index in [0.717, 1.165) is 16.7 Å². The summed E-state index contributed by atoms with van der Waals surface area (Å²) >= 11 is 0. The lowest BCUT2D eigenvalue weighted by Crippen LogP contribution is -2.56. The molecule has 0 aromatic heterocycles. The van der Waals surface area contributed by atoms with Crippen LogP contribution in [0.15, 0.2) is 91.0 Å². The summed E-state index contributed by atoms with van der Waals surface area (Å²) in [4.78, 5) is 52.5. The molecule has 3 N–H and O–H groups in total. The maximum absolute atomic E-state index is 13.6. The molecule has 0 saturated heterocycles. The first kappa shape index (κ1) is 34.0. The molecule has 0 saturated carbocycles. The quantitative estimate of drug-likeness (QED) is 0.203. The summed E-state index contributed by atoms with van der Waals surface area (Å²) in [5.74, 6) is -1.96. The molecule has 3 atom stereocenters. The van der Waals surface area contributed by atoms with Gasteiger partial charge in [-0.1, -0.05) is 105 Å². The highest BCUT2D eigenvalue weighted by atomic mass is 16.5. The van der Waals surface area contributed by atoms with E-state index in [2.05, 4.69) is 16.0 Å². The highest BCUT2D eigenvalue weighted by Crippen LogP contribution is 2.11. The number of rotatable bonds is 17. The molecular formula is C35H43N3O6. The van der Waals surface area contributed by atoms with Gasteiger partial charge in [0.25, 0.3) is 0 Å². The number of ether oxygens (including phenoxy) is 2. The smallest absolute Gasteiger partial charge is 0.328 e. The van der Waals surface area contributed by atoms with Crippen LogP contribution in [0.2, 0.25) is 0 Å². The molecule has 0 aliphatic heterocycles. The van der Waals surface area contributed by atoms with Gasteiger partial charge in [0.2, 0.25) is 17.7 Å². The normalized spacial score (nSPS) is 12.9. The lowest BCUT2D eigenvalue weighted by atomic mass is 10.00. The molecule has 3 rings (SSSR count). The van der Waals surface area contributed by atoms with Crippen LogP contribution in [0.1, 0.15) is 43.4 Å². The average molecular weight is 602 g/mol.